The Balaban J connectivity index is 1.48. The van der Waals surface area contributed by atoms with Gasteiger partial charge in [-0.3, -0.25) is 4.79 Å². The van der Waals surface area contributed by atoms with Crippen LogP contribution in [-0.2, 0) is 6.54 Å². The summed E-state index contributed by atoms with van der Waals surface area (Å²) in [6.45, 7) is 2.29. The molecule has 33 heavy (non-hydrogen) atoms. The van der Waals surface area contributed by atoms with Crippen molar-refractivity contribution in [3.8, 4) is 22.8 Å². The van der Waals surface area contributed by atoms with Gasteiger partial charge >= 0.3 is 0 Å². The Morgan fingerprint density at radius 2 is 1.94 bits per heavy atom. The van der Waals surface area contributed by atoms with E-state index in [0.29, 0.717) is 18.1 Å². The molecule has 1 amide bonds. The number of aromatic nitrogens is 6. The first kappa shape index (κ1) is 20.4. The molecule has 0 fully saturated rings. The van der Waals surface area contributed by atoms with E-state index in [1.54, 1.807) is 22.4 Å². The third kappa shape index (κ3) is 4.16. The summed E-state index contributed by atoms with van der Waals surface area (Å²) in [6.07, 6.45) is 3.35. The van der Waals surface area contributed by atoms with Gasteiger partial charge in [0, 0.05) is 24.0 Å². The first-order chi connectivity index (χ1) is 16.1. The summed E-state index contributed by atoms with van der Waals surface area (Å²) in [7, 11) is 1.62. The number of hydrogen-bond donors (Lipinski definition) is 1. The lowest BCUT2D eigenvalue weighted by Gasteiger charge is -2.07. The molecule has 0 aliphatic heterocycles. The van der Waals surface area contributed by atoms with E-state index in [9.17, 15) is 4.79 Å². The standard InChI is InChI=1S/C24H21N7O2/c1-16-4-3-5-23(28-16)31-21(18-8-11-22-26-15-27-30(22)14-18)12-20(29-31)24(32)25-13-17-6-9-19(33-2)10-7-17/h3-12,14-15H,13H2,1-2H3,(H,25,32). The maximum atomic E-state index is 12.9. The van der Waals surface area contributed by atoms with Crippen LogP contribution in [0, 0.1) is 6.92 Å². The van der Waals surface area contributed by atoms with Gasteiger partial charge in [-0.15, -0.1) is 0 Å². The lowest BCUT2D eigenvalue weighted by atomic mass is 10.2. The summed E-state index contributed by atoms with van der Waals surface area (Å²) in [5, 5.41) is 11.7. The molecule has 0 saturated carbocycles. The normalized spacial score (nSPS) is 11.0. The molecule has 0 unspecified atom stereocenters. The van der Waals surface area contributed by atoms with Crippen molar-refractivity contribution in [2.75, 3.05) is 7.11 Å². The van der Waals surface area contributed by atoms with E-state index in [1.165, 1.54) is 6.33 Å². The van der Waals surface area contributed by atoms with E-state index in [4.69, 9.17) is 4.74 Å². The smallest absolute Gasteiger partial charge is 0.272 e. The molecule has 9 nitrogen and oxygen atoms in total. The van der Waals surface area contributed by atoms with Gasteiger partial charge in [0.15, 0.2) is 17.2 Å². The number of rotatable bonds is 6. The number of fused-ring (bicyclic) bond motifs is 1. The zero-order chi connectivity index (χ0) is 22.8. The number of aryl methyl sites for hydroxylation is 1. The second-order valence-electron chi connectivity index (χ2n) is 7.48. The van der Waals surface area contributed by atoms with Crippen molar-refractivity contribution < 1.29 is 9.53 Å². The monoisotopic (exact) mass is 439 g/mol. The topological polar surface area (TPSA) is 99.2 Å². The summed E-state index contributed by atoms with van der Waals surface area (Å²) in [5.74, 6) is 1.11. The van der Waals surface area contributed by atoms with Crippen molar-refractivity contribution in [1.82, 2.24) is 34.7 Å². The van der Waals surface area contributed by atoms with Crippen LogP contribution >= 0.6 is 0 Å². The molecule has 0 saturated heterocycles. The Morgan fingerprint density at radius 3 is 2.73 bits per heavy atom. The second kappa shape index (κ2) is 8.54. The van der Waals surface area contributed by atoms with Crippen molar-refractivity contribution >= 4 is 11.6 Å². The lowest BCUT2D eigenvalue weighted by molar-refractivity contribution is 0.0945. The summed E-state index contributed by atoms with van der Waals surface area (Å²) in [4.78, 5) is 21.7. The molecule has 0 atom stereocenters. The highest BCUT2D eigenvalue weighted by Crippen LogP contribution is 2.24. The SMILES string of the molecule is COc1ccc(CNC(=O)c2cc(-c3ccc4ncnn4c3)n(-c3cccc(C)n3)n2)cc1. The van der Waals surface area contributed by atoms with Crippen molar-refractivity contribution in [1.29, 1.82) is 0 Å². The summed E-state index contributed by atoms with van der Waals surface area (Å²) >= 11 is 0. The fourth-order valence-corrected chi connectivity index (χ4v) is 3.50. The number of benzene rings is 1. The Hall–Kier alpha value is -4.53. The van der Waals surface area contributed by atoms with E-state index in [2.05, 4.69) is 25.5 Å². The van der Waals surface area contributed by atoms with Crippen LogP contribution in [0.5, 0.6) is 5.75 Å². The highest BCUT2D eigenvalue weighted by atomic mass is 16.5. The minimum absolute atomic E-state index is 0.277. The zero-order valence-electron chi connectivity index (χ0n) is 18.1. The predicted molar refractivity (Wildman–Crippen MR) is 122 cm³/mol. The average Bonchev–Trinajstić information content (AvgIpc) is 3.50. The van der Waals surface area contributed by atoms with Crippen molar-refractivity contribution in [2.24, 2.45) is 0 Å². The molecule has 5 rings (SSSR count). The van der Waals surface area contributed by atoms with E-state index in [0.717, 1.165) is 33.9 Å². The molecule has 164 valence electrons. The zero-order valence-corrected chi connectivity index (χ0v) is 18.1. The highest BCUT2D eigenvalue weighted by Gasteiger charge is 2.18. The Labute approximate surface area is 189 Å². The first-order valence-electron chi connectivity index (χ1n) is 10.4. The minimum atomic E-state index is -0.277. The summed E-state index contributed by atoms with van der Waals surface area (Å²) in [6, 6.07) is 18.8. The maximum Gasteiger partial charge on any atom is 0.272 e. The number of carbonyl (C=O) groups is 1. The van der Waals surface area contributed by atoms with Crippen molar-refractivity contribution in [2.45, 2.75) is 13.5 Å². The molecule has 0 aliphatic carbocycles. The molecule has 1 aromatic carbocycles. The van der Waals surface area contributed by atoms with Crippen LogP contribution in [0.3, 0.4) is 0 Å². The Bertz CT molecular complexity index is 1440. The van der Waals surface area contributed by atoms with Crippen LogP contribution in [-0.4, -0.2) is 42.4 Å². The molecule has 4 heterocycles. The molecule has 0 spiro atoms. The molecule has 0 aliphatic rings. The van der Waals surface area contributed by atoms with Gasteiger partial charge in [-0.1, -0.05) is 18.2 Å². The van der Waals surface area contributed by atoms with Crippen LogP contribution in [0.2, 0.25) is 0 Å². The molecule has 9 heteroatoms. The molecular formula is C24H21N7O2. The van der Waals surface area contributed by atoms with Crippen molar-refractivity contribution in [3.63, 3.8) is 0 Å². The number of carbonyl (C=O) groups excluding carboxylic acids is 1. The van der Waals surface area contributed by atoms with Gasteiger partial charge in [-0.05, 0) is 55.0 Å². The van der Waals surface area contributed by atoms with Gasteiger partial charge in [0.25, 0.3) is 5.91 Å². The lowest BCUT2D eigenvalue weighted by Crippen LogP contribution is -2.23. The largest absolute Gasteiger partial charge is 0.497 e. The molecule has 4 aromatic heterocycles. The average molecular weight is 439 g/mol. The van der Waals surface area contributed by atoms with Crippen LogP contribution in [0.4, 0.5) is 0 Å². The van der Waals surface area contributed by atoms with Gasteiger partial charge in [0.05, 0.1) is 12.8 Å². The first-order valence-corrected chi connectivity index (χ1v) is 10.4. The van der Waals surface area contributed by atoms with Crippen LogP contribution in [0.25, 0.3) is 22.7 Å². The van der Waals surface area contributed by atoms with Crippen LogP contribution in [0.15, 0.2) is 73.2 Å². The number of amides is 1. The quantitative estimate of drug-likeness (QED) is 0.436. The van der Waals surface area contributed by atoms with Crippen LogP contribution in [0.1, 0.15) is 21.7 Å². The maximum absolute atomic E-state index is 12.9. The predicted octanol–water partition coefficient (Wildman–Crippen LogP) is 3.22. The highest BCUT2D eigenvalue weighted by molar-refractivity contribution is 5.93. The van der Waals surface area contributed by atoms with E-state index in [1.807, 2.05) is 67.7 Å². The minimum Gasteiger partial charge on any atom is -0.497 e. The summed E-state index contributed by atoms with van der Waals surface area (Å²) < 4.78 is 8.53. The van der Waals surface area contributed by atoms with Gasteiger partial charge < -0.3 is 10.1 Å². The van der Waals surface area contributed by atoms with E-state index in [-0.39, 0.29) is 5.91 Å². The van der Waals surface area contributed by atoms with Gasteiger partial charge in [-0.25, -0.2) is 19.2 Å². The second-order valence-corrected chi connectivity index (χ2v) is 7.48. The number of nitrogens with one attached hydrogen (secondary N) is 1. The molecule has 0 bridgehead atoms. The number of ether oxygens (including phenoxy) is 1. The fourth-order valence-electron chi connectivity index (χ4n) is 3.50. The number of hydrogen-bond acceptors (Lipinski definition) is 6. The Morgan fingerprint density at radius 1 is 1.09 bits per heavy atom. The number of pyridine rings is 2. The molecule has 1 N–H and O–H groups in total. The number of methoxy groups -OCH3 is 1. The van der Waals surface area contributed by atoms with Crippen molar-refractivity contribution in [3.05, 3.63) is 90.1 Å². The van der Waals surface area contributed by atoms with Gasteiger partial charge in [-0.2, -0.15) is 10.2 Å². The third-order valence-corrected chi connectivity index (χ3v) is 5.21. The Kier molecular flexibility index (Phi) is 5.27. The third-order valence-electron chi connectivity index (χ3n) is 5.21. The van der Waals surface area contributed by atoms with Gasteiger partial charge in [0.2, 0.25) is 0 Å². The van der Waals surface area contributed by atoms with Gasteiger partial charge in [0.1, 0.15) is 12.1 Å². The van der Waals surface area contributed by atoms with Crippen LogP contribution < -0.4 is 10.1 Å². The fraction of sp³-hybridized carbons (Fsp3) is 0.125. The van der Waals surface area contributed by atoms with E-state index < -0.39 is 0 Å². The molecular weight excluding hydrogens is 418 g/mol. The molecule has 5 aromatic rings. The summed E-state index contributed by atoms with van der Waals surface area (Å²) in [5.41, 5.74) is 4.39. The van der Waals surface area contributed by atoms with E-state index >= 15 is 0 Å². The number of nitrogens with zero attached hydrogens (tertiary/aromatic N) is 6. The molecule has 0 radical (unpaired) electrons.